The number of hydrogen-bond acceptors (Lipinski definition) is 4. The van der Waals surface area contributed by atoms with Gasteiger partial charge in [-0.05, 0) is 42.3 Å². The average molecular weight is 373 g/mol. The Balaban J connectivity index is 1.79. The molecular weight excluding hydrogens is 354 g/mol. The van der Waals surface area contributed by atoms with E-state index < -0.39 is 0 Å². The Bertz CT molecular complexity index is 1170. The van der Waals surface area contributed by atoms with Crippen LogP contribution in [0.25, 0.3) is 10.2 Å². The van der Waals surface area contributed by atoms with Gasteiger partial charge in [-0.25, -0.2) is 0 Å². The Labute approximate surface area is 161 Å². The van der Waals surface area contributed by atoms with Crippen molar-refractivity contribution in [2.24, 2.45) is 10.2 Å². The zero-order valence-electron chi connectivity index (χ0n) is 14.9. The van der Waals surface area contributed by atoms with Gasteiger partial charge in [0.25, 0.3) is 0 Å². The molecule has 0 bridgehead atoms. The van der Waals surface area contributed by atoms with Crippen molar-refractivity contribution in [3.8, 4) is 5.75 Å². The van der Waals surface area contributed by atoms with Crippen molar-refractivity contribution in [2.75, 3.05) is 0 Å². The highest BCUT2D eigenvalue weighted by Gasteiger charge is 2.07. The predicted molar refractivity (Wildman–Crippen MR) is 111 cm³/mol. The molecule has 0 fully saturated rings. The Morgan fingerprint density at radius 2 is 1.78 bits per heavy atom. The molecule has 0 saturated carbocycles. The third-order valence-electron chi connectivity index (χ3n) is 4.30. The molecule has 0 aliphatic rings. The molecule has 0 atom stereocenters. The van der Waals surface area contributed by atoms with Crippen LogP contribution < -0.4 is 4.80 Å². The zero-order valence-corrected chi connectivity index (χ0v) is 15.7. The van der Waals surface area contributed by atoms with Crippen LogP contribution >= 0.6 is 11.3 Å². The highest BCUT2D eigenvalue weighted by atomic mass is 32.1. The summed E-state index contributed by atoms with van der Waals surface area (Å²) in [4.78, 5) is 0.825. The van der Waals surface area contributed by atoms with Crippen LogP contribution in [0, 0.1) is 6.92 Å². The van der Waals surface area contributed by atoms with Crippen molar-refractivity contribution in [3.05, 3.63) is 94.3 Å². The van der Waals surface area contributed by atoms with E-state index in [1.165, 1.54) is 15.8 Å². The number of nitrogens with zero attached hydrogens (tertiary/aromatic N) is 3. The normalized spacial score (nSPS) is 12.3. The molecule has 0 aliphatic heterocycles. The second-order valence-corrected chi connectivity index (χ2v) is 7.34. The minimum Gasteiger partial charge on any atom is -0.507 e. The minimum absolute atomic E-state index is 0.195. The third kappa shape index (κ3) is 3.83. The van der Waals surface area contributed by atoms with Crippen molar-refractivity contribution in [2.45, 2.75) is 13.5 Å². The Hall–Kier alpha value is -3.18. The lowest BCUT2D eigenvalue weighted by Crippen LogP contribution is -2.15. The molecule has 1 N–H and O–H groups in total. The van der Waals surface area contributed by atoms with Gasteiger partial charge in [-0.2, -0.15) is 5.10 Å². The maximum absolute atomic E-state index is 9.87. The van der Waals surface area contributed by atoms with E-state index in [1.807, 2.05) is 24.3 Å². The third-order valence-corrected chi connectivity index (χ3v) is 5.33. The van der Waals surface area contributed by atoms with E-state index in [0.29, 0.717) is 5.56 Å². The number of thiazole rings is 1. The van der Waals surface area contributed by atoms with Crippen LogP contribution in [0.3, 0.4) is 0 Å². The summed E-state index contributed by atoms with van der Waals surface area (Å²) in [6, 6.07) is 23.8. The number of fused-ring (bicyclic) bond motifs is 1. The minimum atomic E-state index is 0.195. The van der Waals surface area contributed by atoms with Gasteiger partial charge in [-0.3, -0.25) is 0 Å². The predicted octanol–water partition coefficient (Wildman–Crippen LogP) is 4.70. The number of para-hydroxylation sites is 1. The summed E-state index contributed by atoms with van der Waals surface area (Å²) in [5.41, 5.74) is 4.22. The summed E-state index contributed by atoms with van der Waals surface area (Å²) < 4.78 is 3.36. The van der Waals surface area contributed by atoms with E-state index in [2.05, 4.69) is 52.0 Å². The Morgan fingerprint density at radius 1 is 1.00 bits per heavy atom. The van der Waals surface area contributed by atoms with Crippen LogP contribution in [0.2, 0.25) is 0 Å². The molecule has 1 aromatic heterocycles. The van der Waals surface area contributed by atoms with E-state index in [4.69, 9.17) is 0 Å². The monoisotopic (exact) mass is 373 g/mol. The number of phenols is 1. The summed E-state index contributed by atoms with van der Waals surface area (Å²) in [6.07, 6.45) is 1.58. The largest absolute Gasteiger partial charge is 0.507 e. The van der Waals surface area contributed by atoms with Crippen LogP contribution in [0.5, 0.6) is 5.75 Å². The van der Waals surface area contributed by atoms with Gasteiger partial charge in [0, 0.05) is 5.56 Å². The maximum atomic E-state index is 9.87. The summed E-state index contributed by atoms with van der Waals surface area (Å²) in [5, 5.41) is 18.5. The van der Waals surface area contributed by atoms with Crippen molar-refractivity contribution >= 4 is 27.8 Å². The number of benzene rings is 3. The molecule has 3 aromatic carbocycles. The second kappa shape index (κ2) is 7.60. The first-order chi connectivity index (χ1) is 13.2. The van der Waals surface area contributed by atoms with E-state index >= 15 is 0 Å². The maximum Gasteiger partial charge on any atom is 0.211 e. The van der Waals surface area contributed by atoms with Gasteiger partial charge >= 0.3 is 0 Å². The molecule has 4 aromatic rings. The fourth-order valence-electron chi connectivity index (χ4n) is 2.91. The average Bonchev–Trinajstić information content (AvgIpc) is 3.00. The molecule has 0 spiro atoms. The molecular formula is C22H19N3OS. The molecule has 0 unspecified atom stereocenters. The van der Waals surface area contributed by atoms with Crippen LogP contribution in [0.15, 0.2) is 83.0 Å². The van der Waals surface area contributed by atoms with Gasteiger partial charge < -0.3 is 9.67 Å². The summed E-state index contributed by atoms with van der Waals surface area (Å²) in [7, 11) is 0. The molecule has 5 heteroatoms. The highest BCUT2D eigenvalue weighted by Crippen LogP contribution is 2.20. The SMILES string of the molecule is Cc1ccc2c(c1)sc(=NN=Cc1ccccc1O)n2Cc1ccccc1. The number of rotatable bonds is 4. The number of phenolic OH excluding ortho intramolecular Hbond substituents is 1. The molecule has 27 heavy (non-hydrogen) atoms. The van der Waals surface area contributed by atoms with Gasteiger partial charge in [-0.15, -0.1) is 5.10 Å². The van der Waals surface area contributed by atoms with Crippen LogP contribution in [0.4, 0.5) is 0 Å². The van der Waals surface area contributed by atoms with E-state index in [-0.39, 0.29) is 5.75 Å². The zero-order chi connectivity index (χ0) is 18.6. The van der Waals surface area contributed by atoms with Gasteiger partial charge in [0.2, 0.25) is 4.80 Å². The standard InChI is InChI=1S/C22H19N3OS/c1-16-11-12-19-21(13-16)27-22(25(19)15-17-7-3-2-4-8-17)24-23-14-18-9-5-6-10-20(18)26/h2-14,26H,15H2,1H3. The lowest BCUT2D eigenvalue weighted by Gasteiger charge is -2.05. The molecule has 134 valence electrons. The van der Waals surface area contributed by atoms with Gasteiger partial charge in [-0.1, -0.05) is 59.9 Å². The lowest BCUT2D eigenvalue weighted by molar-refractivity contribution is 0.474. The van der Waals surface area contributed by atoms with E-state index in [0.717, 1.165) is 16.9 Å². The number of hydrogen-bond donors (Lipinski definition) is 1. The summed E-state index contributed by atoms with van der Waals surface area (Å²) in [5.74, 6) is 0.195. The van der Waals surface area contributed by atoms with Crippen molar-refractivity contribution in [1.29, 1.82) is 0 Å². The highest BCUT2D eigenvalue weighted by molar-refractivity contribution is 7.16. The molecule has 0 aliphatic carbocycles. The van der Waals surface area contributed by atoms with Crippen LogP contribution in [-0.2, 0) is 6.54 Å². The van der Waals surface area contributed by atoms with Gasteiger partial charge in [0.05, 0.1) is 23.0 Å². The summed E-state index contributed by atoms with van der Waals surface area (Å²) in [6.45, 7) is 2.82. The fraction of sp³-hybridized carbons (Fsp3) is 0.0909. The number of aryl methyl sites for hydroxylation is 1. The Morgan fingerprint density at radius 3 is 2.59 bits per heavy atom. The van der Waals surface area contributed by atoms with Gasteiger partial charge in [0.15, 0.2) is 0 Å². The van der Waals surface area contributed by atoms with Crippen molar-refractivity contribution in [3.63, 3.8) is 0 Å². The molecule has 4 rings (SSSR count). The Kier molecular flexibility index (Phi) is 4.85. The van der Waals surface area contributed by atoms with Crippen LogP contribution in [0.1, 0.15) is 16.7 Å². The lowest BCUT2D eigenvalue weighted by atomic mass is 10.2. The van der Waals surface area contributed by atoms with Crippen molar-refractivity contribution in [1.82, 2.24) is 4.57 Å². The van der Waals surface area contributed by atoms with E-state index in [1.54, 1.807) is 35.8 Å². The number of aromatic hydroxyl groups is 1. The summed E-state index contributed by atoms with van der Waals surface area (Å²) >= 11 is 1.62. The molecule has 4 nitrogen and oxygen atoms in total. The molecule has 0 saturated heterocycles. The molecule has 1 heterocycles. The van der Waals surface area contributed by atoms with Crippen molar-refractivity contribution < 1.29 is 5.11 Å². The second-order valence-electron chi connectivity index (χ2n) is 6.33. The van der Waals surface area contributed by atoms with Crippen LogP contribution in [-0.4, -0.2) is 15.9 Å². The van der Waals surface area contributed by atoms with E-state index in [9.17, 15) is 5.11 Å². The topological polar surface area (TPSA) is 49.9 Å². The number of aromatic nitrogens is 1. The first-order valence-electron chi connectivity index (χ1n) is 8.70. The first-order valence-corrected chi connectivity index (χ1v) is 9.51. The molecule has 0 amide bonds. The smallest absolute Gasteiger partial charge is 0.211 e. The first kappa shape index (κ1) is 17.2. The fourth-order valence-corrected chi connectivity index (χ4v) is 4.00. The quantitative estimate of drug-likeness (QED) is 0.409. The van der Waals surface area contributed by atoms with Gasteiger partial charge in [0.1, 0.15) is 5.75 Å². The molecule has 0 radical (unpaired) electrons.